The molecular formula is C14H25NO4. The zero-order valence-electron chi connectivity index (χ0n) is 12.1. The number of amides is 1. The molecule has 110 valence electrons. The molecule has 5 nitrogen and oxygen atoms in total. The van der Waals surface area contributed by atoms with Gasteiger partial charge in [0.2, 0.25) is 5.91 Å². The van der Waals surface area contributed by atoms with Gasteiger partial charge < -0.3 is 14.7 Å². The van der Waals surface area contributed by atoms with Crippen LogP contribution in [0.5, 0.6) is 0 Å². The van der Waals surface area contributed by atoms with Crippen LogP contribution >= 0.6 is 0 Å². The van der Waals surface area contributed by atoms with E-state index < -0.39 is 5.97 Å². The maximum atomic E-state index is 12.6. The molecule has 0 aromatic rings. The molecule has 0 aromatic heterocycles. The smallest absolute Gasteiger partial charge is 0.323 e. The van der Waals surface area contributed by atoms with Gasteiger partial charge in [0.1, 0.15) is 6.54 Å². The molecule has 0 aliphatic heterocycles. The number of carboxylic acids is 1. The monoisotopic (exact) mass is 271 g/mol. The van der Waals surface area contributed by atoms with Gasteiger partial charge in [0.05, 0.1) is 6.61 Å². The summed E-state index contributed by atoms with van der Waals surface area (Å²) in [4.78, 5) is 24.9. The molecule has 1 atom stereocenters. The third-order valence-corrected chi connectivity index (χ3v) is 4.01. The van der Waals surface area contributed by atoms with Crippen molar-refractivity contribution in [3.05, 3.63) is 0 Å². The Labute approximate surface area is 114 Å². The van der Waals surface area contributed by atoms with Crippen molar-refractivity contribution in [1.29, 1.82) is 0 Å². The molecule has 1 aliphatic carbocycles. The van der Waals surface area contributed by atoms with E-state index in [1.165, 1.54) is 4.90 Å². The van der Waals surface area contributed by atoms with E-state index in [4.69, 9.17) is 9.84 Å². The summed E-state index contributed by atoms with van der Waals surface area (Å²) in [5.41, 5.74) is -0.0425. The lowest BCUT2D eigenvalue weighted by molar-refractivity contribution is -0.150. The zero-order valence-corrected chi connectivity index (χ0v) is 12.1. The van der Waals surface area contributed by atoms with Crippen molar-refractivity contribution in [2.45, 2.75) is 39.5 Å². The second kappa shape index (κ2) is 6.89. The van der Waals surface area contributed by atoms with E-state index in [1.54, 1.807) is 7.11 Å². The van der Waals surface area contributed by atoms with Gasteiger partial charge in [-0.25, -0.2) is 0 Å². The number of nitrogens with zero attached hydrogens (tertiary/aromatic N) is 1. The molecule has 0 aromatic carbocycles. The van der Waals surface area contributed by atoms with Crippen LogP contribution in [0.4, 0.5) is 0 Å². The summed E-state index contributed by atoms with van der Waals surface area (Å²) in [5, 5.41) is 8.93. The molecule has 1 aliphatic rings. The van der Waals surface area contributed by atoms with Crippen molar-refractivity contribution < 1.29 is 19.4 Å². The first kappa shape index (κ1) is 16.0. The molecule has 0 bridgehead atoms. The van der Waals surface area contributed by atoms with E-state index in [0.717, 1.165) is 25.7 Å². The van der Waals surface area contributed by atoms with E-state index in [-0.39, 0.29) is 23.8 Å². The SMILES string of the molecule is COCCN(CC(=O)O)C(=O)C1CCCCC1(C)C. The number of rotatable bonds is 6. The number of methoxy groups -OCH3 is 1. The van der Waals surface area contributed by atoms with E-state index in [2.05, 4.69) is 13.8 Å². The van der Waals surface area contributed by atoms with Gasteiger partial charge >= 0.3 is 5.97 Å². The molecule has 1 N–H and O–H groups in total. The van der Waals surface area contributed by atoms with Gasteiger partial charge in [-0.05, 0) is 18.3 Å². The standard InChI is InChI=1S/C14H25NO4/c1-14(2)7-5-4-6-11(14)13(18)15(8-9-19-3)10-12(16)17/h11H,4-10H2,1-3H3,(H,16,17). The fourth-order valence-electron chi connectivity index (χ4n) is 2.80. The molecule has 1 rings (SSSR count). The number of carbonyl (C=O) groups excluding carboxylic acids is 1. The lowest BCUT2D eigenvalue weighted by Gasteiger charge is -2.39. The number of aliphatic carboxylic acids is 1. The number of hydrogen-bond donors (Lipinski definition) is 1. The lowest BCUT2D eigenvalue weighted by atomic mass is 9.68. The minimum absolute atomic E-state index is 0.0378. The van der Waals surface area contributed by atoms with Crippen LogP contribution in [-0.2, 0) is 14.3 Å². The molecule has 0 spiro atoms. The second-order valence-corrected chi connectivity index (χ2v) is 5.93. The van der Waals surface area contributed by atoms with Crippen LogP contribution in [0.3, 0.4) is 0 Å². The fraction of sp³-hybridized carbons (Fsp3) is 0.857. The van der Waals surface area contributed by atoms with Gasteiger partial charge in [0.25, 0.3) is 0 Å². The average Bonchev–Trinajstić information content (AvgIpc) is 2.32. The minimum atomic E-state index is -0.974. The molecular weight excluding hydrogens is 246 g/mol. The average molecular weight is 271 g/mol. The predicted molar refractivity (Wildman–Crippen MR) is 71.8 cm³/mol. The van der Waals surface area contributed by atoms with Crippen molar-refractivity contribution in [3.8, 4) is 0 Å². The molecule has 0 heterocycles. The Morgan fingerprint density at radius 2 is 2.05 bits per heavy atom. The first-order valence-electron chi connectivity index (χ1n) is 6.88. The molecule has 1 fully saturated rings. The van der Waals surface area contributed by atoms with Gasteiger partial charge in [0.15, 0.2) is 0 Å². The summed E-state index contributed by atoms with van der Waals surface area (Å²) < 4.78 is 4.96. The summed E-state index contributed by atoms with van der Waals surface area (Å²) in [6, 6.07) is 0. The van der Waals surface area contributed by atoms with Gasteiger partial charge in [-0.2, -0.15) is 0 Å². The van der Waals surface area contributed by atoms with Crippen molar-refractivity contribution in [2.75, 3.05) is 26.8 Å². The second-order valence-electron chi connectivity index (χ2n) is 5.93. The molecule has 19 heavy (non-hydrogen) atoms. The van der Waals surface area contributed by atoms with Crippen LogP contribution in [-0.4, -0.2) is 48.7 Å². The van der Waals surface area contributed by atoms with Gasteiger partial charge in [0, 0.05) is 19.6 Å². The molecule has 1 saturated carbocycles. The highest BCUT2D eigenvalue weighted by molar-refractivity contribution is 5.83. The Kier molecular flexibility index (Phi) is 5.79. The van der Waals surface area contributed by atoms with Crippen LogP contribution in [0.2, 0.25) is 0 Å². The maximum Gasteiger partial charge on any atom is 0.323 e. The predicted octanol–water partition coefficient (Wildman–Crippen LogP) is 1.76. The number of ether oxygens (including phenoxy) is 1. The van der Waals surface area contributed by atoms with E-state index in [0.29, 0.717) is 13.2 Å². The highest BCUT2D eigenvalue weighted by atomic mass is 16.5. The summed E-state index contributed by atoms with van der Waals surface area (Å²) >= 11 is 0. The molecule has 0 radical (unpaired) electrons. The van der Waals surface area contributed by atoms with Crippen LogP contribution in [0, 0.1) is 11.3 Å². The van der Waals surface area contributed by atoms with Crippen molar-refractivity contribution >= 4 is 11.9 Å². The first-order valence-corrected chi connectivity index (χ1v) is 6.88. The Morgan fingerprint density at radius 1 is 1.37 bits per heavy atom. The fourth-order valence-corrected chi connectivity index (χ4v) is 2.80. The van der Waals surface area contributed by atoms with Gasteiger partial charge in [-0.3, -0.25) is 9.59 Å². The van der Waals surface area contributed by atoms with Gasteiger partial charge in [-0.15, -0.1) is 0 Å². The van der Waals surface area contributed by atoms with E-state index in [1.807, 2.05) is 0 Å². The molecule has 1 amide bonds. The highest BCUT2D eigenvalue weighted by Gasteiger charge is 2.39. The summed E-state index contributed by atoms with van der Waals surface area (Å²) in [6.07, 6.45) is 4.07. The third-order valence-electron chi connectivity index (χ3n) is 4.01. The molecule has 0 saturated heterocycles. The van der Waals surface area contributed by atoms with E-state index in [9.17, 15) is 9.59 Å². The Bertz CT molecular complexity index is 327. The number of carbonyl (C=O) groups is 2. The zero-order chi connectivity index (χ0) is 14.5. The van der Waals surface area contributed by atoms with Gasteiger partial charge in [-0.1, -0.05) is 26.7 Å². The summed E-state index contributed by atoms with van der Waals surface area (Å²) in [6.45, 7) is 4.67. The summed E-state index contributed by atoms with van der Waals surface area (Å²) in [7, 11) is 1.55. The van der Waals surface area contributed by atoms with E-state index >= 15 is 0 Å². The molecule has 1 unspecified atom stereocenters. The van der Waals surface area contributed by atoms with Crippen molar-refractivity contribution in [2.24, 2.45) is 11.3 Å². The maximum absolute atomic E-state index is 12.6. The number of carboxylic acid groups (broad SMARTS) is 1. The lowest BCUT2D eigenvalue weighted by Crippen LogP contribution is -2.46. The molecule has 5 heteroatoms. The topological polar surface area (TPSA) is 66.8 Å². The van der Waals surface area contributed by atoms with Crippen LogP contribution in [0.25, 0.3) is 0 Å². The highest BCUT2D eigenvalue weighted by Crippen LogP contribution is 2.41. The third kappa shape index (κ3) is 4.49. The van der Waals surface area contributed by atoms with Crippen molar-refractivity contribution in [1.82, 2.24) is 4.90 Å². The minimum Gasteiger partial charge on any atom is -0.480 e. The Morgan fingerprint density at radius 3 is 2.58 bits per heavy atom. The van der Waals surface area contributed by atoms with Crippen LogP contribution in [0.15, 0.2) is 0 Å². The number of hydrogen-bond acceptors (Lipinski definition) is 3. The normalized spacial score (nSPS) is 21.9. The Balaban J connectivity index is 2.75. The Hall–Kier alpha value is -1.10. The summed E-state index contributed by atoms with van der Waals surface area (Å²) in [5.74, 6) is -1.08. The quantitative estimate of drug-likeness (QED) is 0.799. The van der Waals surface area contributed by atoms with Crippen LogP contribution < -0.4 is 0 Å². The first-order chi connectivity index (χ1) is 8.88. The van der Waals surface area contributed by atoms with Crippen LogP contribution in [0.1, 0.15) is 39.5 Å². The van der Waals surface area contributed by atoms with Crippen molar-refractivity contribution in [3.63, 3.8) is 0 Å². The largest absolute Gasteiger partial charge is 0.480 e.